The van der Waals surface area contributed by atoms with Crippen molar-refractivity contribution in [2.24, 2.45) is 0 Å². The molecule has 0 aliphatic rings. The fraction of sp³-hybridized carbons (Fsp3) is 0.364. The van der Waals surface area contributed by atoms with Crippen LogP contribution in [0.1, 0.15) is 13.8 Å². The lowest BCUT2D eigenvalue weighted by Crippen LogP contribution is -2.21. The van der Waals surface area contributed by atoms with Gasteiger partial charge in [0.15, 0.2) is 0 Å². The second-order valence-corrected chi connectivity index (χ2v) is 3.60. The number of nitrogens with zero attached hydrogens (tertiary/aromatic N) is 1. The highest BCUT2D eigenvalue weighted by Gasteiger charge is 2.06. The monoisotopic (exact) mass is 238 g/mol. The van der Waals surface area contributed by atoms with E-state index in [1.165, 1.54) is 19.1 Å². The first-order chi connectivity index (χ1) is 7.99. The van der Waals surface area contributed by atoms with Crippen molar-refractivity contribution in [3.63, 3.8) is 0 Å². The summed E-state index contributed by atoms with van der Waals surface area (Å²) < 4.78 is 4.92. The van der Waals surface area contributed by atoms with Crippen LogP contribution in [0.4, 0.5) is 11.4 Å². The summed E-state index contributed by atoms with van der Waals surface area (Å²) in [6, 6.07) is 6.05. The maximum Gasteiger partial charge on any atom is 0.302 e. The van der Waals surface area contributed by atoms with E-state index in [4.69, 9.17) is 4.74 Å². The number of anilines is 1. The zero-order valence-corrected chi connectivity index (χ0v) is 9.67. The molecule has 0 aliphatic carbocycles. The molecule has 92 valence electrons. The van der Waals surface area contributed by atoms with Gasteiger partial charge >= 0.3 is 5.97 Å². The van der Waals surface area contributed by atoms with Crippen molar-refractivity contribution in [2.45, 2.75) is 20.0 Å². The van der Waals surface area contributed by atoms with Gasteiger partial charge in [0, 0.05) is 24.7 Å². The molecule has 1 unspecified atom stereocenters. The lowest BCUT2D eigenvalue weighted by atomic mass is 10.2. The van der Waals surface area contributed by atoms with Gasteiger partial charge in [-0.25, -0.2) is 0 Å². The summed E-state index contributed by atoms with van der Waals surface area (Å²) in [5.74, 6) is -0.331. The molecule has 0 saturated carbocycles. The Labute approximate surface area is 98.7 Å². The number of nitro benzene ring substituents is 1. The number of carbonyl (C=O) groups excluding carboxylic acids is 1. The third-order valence-corrected chi connectivity index (χ3v) is 2.04. The summed E-state index contributed by atoms with van der Waals surface area (Å²) in [5.41, 5.74) is 0.790. The van der Waals surface area contributed by atoms with Crippen LogP contribution in [0.25, 0.3) is 0 Å². The van der Waals surface area contributed by atoms with Gasteiger partial charge in [0.2, 0.25) is 0 Å². The second-order valence-electron chi connectivity index (χ2n) is 3.60. The van der Waals surface area contributed by atoms with Crippen molar-refractivity contribution < 1.29 is 14.5 Å². The largest absolute Gasteiger partial charge is 0.461 e. The zero-order chi connectivity index (χ0) is 12.8. The van der Waals surface area contributed by atoms with Crippen LogP contribution in [0, 0.1) is 10.1 Å². The number of hydrogen-bond acceptors (Lipinski definition) is 5. The normalized spacial score (nSPS) is 11.6. The van der Waals surface area contributed by atoms with E-state index in [-0.39, 0.29) is 17.8 Å². The van der Waals surface area contributed by atoms with E-state index in [1.807, 2.05) is 0 Å². The van der Waals surface area contributed by atoms with E-state index < -0.39 is 4.92 Å². The number of hydrogen-bond donors (Lipinski definition) is 1. The van der Waals surface area contributed by atoms with Crippen LogP contribution < -0.4 is 5.32 Å². The van der Waals surface area contributed by atoms with Crippen molar-refractivity contribution in [1.29, 1.82) is 0 Å². The molecule has 0 fully saturated rings. The predicted octanol–water partition coefficient (Wildman–Crippen LogP) is 1.96. The number of rotatable bonds is 5. The van der Waals surface area contributed by atoms with Gasteiger partial charge in [0.25, 0.3) is 5.69 Å². The third kappa shape index (κ3) is 4.50. The van der Waals surface area contributed by atoms with Gasteiger partial charge in [0.05, 0.1) is 11.5 Å². The molecule has 1 rings (SSSR count). The molecule has 0 bridgehead atoms. The predicted molar refractivity (Wildman–Crippen MR) is 62.8 cm³/mol. The van der Waals surface area contributed by atoms with Crippen LogP contribution in [-0.2, 0) is 9.53 Å². The van der Waals surface area contributed by atoms with Gasteiger partial charge in [-0.1, -0.05) is 0 Å². The molecule has 0 aromatic heterocycles. The number of non-ortho nitro benzene ring substituents is 1. The van der Waals surface area contributed by atoms with E-state index in [1.54, 1.807) is 19.1 Å². The standard InChI is InChI=1S/C11H14N2O4/c1-8(17-9(2)14)7-12-10-3-5-11(6-4-10)13(15)16/h3-6,8,12H,7H2,1-2H3. The summed E-state index contributed by atoms with van der Waals surface area (Å²) in [6.45, 7) is 3.57. The Hall–Kier alpha value is -2.11. The van der Waals surface area contributed by atoms with Crippen LogP contribution in [0.2, 0.25) is 0 Å². The summed E-state index contributed by atoms with van der Waals surface area (Å²) in [7, 11) is 0. The molecule has 1 atom stereocenters. The number of ether oxygens (including phenoxy) is 1. The molecule has 17 heavy (non-hydrogen) atoms. The summed E-state index contributed by atoms with van der Waals surface area (Å²) in [5, 5.41) is 13.4. The summed E-state index contributed by atoms with van der Waals surface area (Å²) in [4.78, 5) is 20.6. The zero-order valence-electron chi connectivity index (χ0n) is 9.67. The van der Waals surface area contributed by atoms with Crippen LogP contribution in [-0.4, -0.2) is 23.5 Å². The first kappa shape index (κ1) is 13.0. The van der Waals surface area contributed by atoms with Gasteiger partial charge in [0.1, 0.15) is 6.10 Å². The van der Waals surface area contributed by atoms with E-state index >= 15 is 0 Å². The second kappa shape index (κ2) is 5.83. The maximum absolute atomic E-state index is 10.7. The molecular formula is C11H14N2O4. The van der Waals surface area contributed by atoms with Gasteiger partial charge in [-0.05, 0) is 19.1 Å². The Kier molecular flexibility index (Phi) is 4.45. The van der Waals surface area contributed by atoms with Gasteiger partial charge in [-0.15, -0.1) is 0 Å². The van der Waals surface area contributed by atoms with Crippen molar-refractivity contribution in [3.05, 3.63) is 34.4 Å². The van der Waals surface area contributed by atoms with Crippen molar-refractivity contribution >= 4 is 17.3 Å². The molecule has 0 amide bonds. The fourth-order valence-corrected chi connectivity index (χ4v) is 1.29. The van der Waals surface area contributed by atoms with Crippen LogP contribution >= 0.6 is 0 Å². The smallest absolute Gasteiger partial charge is 0.302 e. The summed E-state index contributed by atoms with van der Waals surface area (Å²) >= 11 is 0. The molecule has 1 aromatic rings. The molecule has 0 radical (unpaired) electrons. The minimum atomic E-state index is -0.453. The number of esters is 1. The van der Waals surface area contributed by atoms with Crippen LogP contribution in [0.3, 0.4) is 0 Å². The molecular weight excluding hydrogens is 224 g/mol. The minimum absolute atomic E-state index is 0.0450. The number of nitrogens with one attached hydrogen (secondary N) is 1. The number of nitro groups is 1. The number of carbonyl (C=O) groups is 1. The highest BCUT2D eigenvalue weighted by Crippen LogP contribution is 2.15. The lowest BCUT2D eigenvalue weighted by Gasteiger charge is -2.13. The molecule has 1 aromatic carbocycles. The number of benzene rings is 1. The molecule has 1 N–H and O–H groups in total. The topological polar surface area (TPSA) is 81.5 Å². The van der Waals surface area contributed by atoms with E-state index in [0.717, 1.165) is 5.69 Å². The molecule has 0 aliphatic heterocycles. The Morgan fingerprint density at radius 3 is 2.53 bits per heavy atom. The third-order valence-electron chi connectivity index (χ3n) is 2.04. The Morgan fingerprint density at radius 1 is 1.47 bits per heavy atom. The lowest BCUT2D eigenvalue weighted by molar-refractivity contribution is -0.384. The van der Waals surface area contributed by atoms with Crippen LogP contribution in [0.5, 0.6) is 0 Å². The van der Waals surface area contributed by atoms with Gasteiger partial charge < -0.3 is 10.1 Å². The Morgan fingerprint density at radius 2 is 2.06 bits per heavy atom. The molecule has 6 heteroatoms. The van der Waals surface area contributed by atoms with Gasteiger partial charge in [-0.2, -0.15) is 0 Å². The van der Waals surface area contributed by atoms with Crippen molar-refractivity contribution in [3.8, 4) is 0 Å². The molecule has 0 heterocycles. The van der Waals surface area contributed by atoms with E-state index in [0.29, 0.717) is 6.54 Å². The van der Waals surface area contributed by atoms with Crippen molar-refractivity contribution in [2.75, 3.05) is 11.9 Å². The summed E-state index contributed by atoms with van der Waals surface area (Å²) in [6.07, 6.45) is -0.248. The molecule has 0 saturated heterocycles. The first-order valence-electron chi connectivity index (χ1n) is 5.14. The Balaban J connectivity index is 2.47. The highest BCUT2D eigenvalue weighted by atomic mass is 16.6. The average Bonchev–Trinajstić information content (AvgIpc) is 2.26. The van der Waals surface area contributed by atoms with Crippen molar-refractivity contribution in [1.82, 2.24) is 0 Å². The maximum atomic E-state index is 10.7. The molecule has 0 spiro atoms. The SMILES string of the molecule is CC(=O)OC(C)CNc1ccc([N+](=O)[O-])cc1. The fourth-order valence-electron chi connectivity index (χ4n) is 1.29. The average molecular weight is 238 g/mol. The van der Waals surface area contributed by atoms with E-state index in [9.17, 15) is 14.9 Å². The van der Waals surface area contributed by atoms with E-state index in [2.05, 4.69) is 5.32 Å². The molecule has 6 nitrogen and oxygen atoms in total. The first-order valence-corrected chi connectivity index (χ1v) is 5.14. The quantitative estimate of drug-likeness (QED) is 0.481. The van der Waals surface area contributed by atoms with Crippen LogP contribution in [0.15, 0.2) is 24.3 Å². The Bertz CT molecular complexity index is 402. The minimum Gasteiger partial charge on any atom is -0.461 e. The van der Waals surface area contributed by atoms with Gasteiger partial charge in [-0.3, -0.25) is 14.9 Å². The highest BCUT2D eigenvalue weighted by molar-refractivity contribution is 5.66.